The molecule has 0 spiro atoms. The first-order valence-electron chi connectivity index (χ1n) is 12.2. The molecule has 0 saturated heterocycles. The molecule has 0 fully saturated rings. The topological polar surface area (TPSA) is 172 Å². The normalized spacial score (nSPS) is 12.1. The Labute approximate surface area is 238 Å². The fourth-order valence-corrected chi connectivity index (χ4v) is 5.07. The van der Waals surface area contributed by atoms with E-state index in [1.54, 1.807) is 63.3 Å². The maximum absolute atomic E-state index is 12.8. The minimum absolute atomic E-state index is 0.0277. The summed E-state index contributed by atoms with van der Waals surface area (Å²) in [6.07, 6.45) is 3.57. The third-order valence-corrected chi connectivity index (χ3v) is 7.24. The predicted molar refractivity (Wildman–Crippen MR) is 153 cm³/mol. The molecule has 40 heavy (non-hydrogen) atoms. The Morgan fingerprint density at radius 2 is 1.68 bits per heavy atom. The van der Waals surface area contributed by atoms with Crippen LogP contribution in [-0.4, -0.2) is 78.2 Å². The largest absolute Gasteiger partial charge is 0.241 e. The number of benzene rings is 1. The molecule has 1 unspecified atom stereocenters. The second-order valence-electron chi connectivity index (χ2n) is 9.12. The van der Waals surface area contributed by atoms with E-state index in [0.29, 0.717) is 25.1 Å². The van der Waals surface area contributed by atoms with E-state index >= 15 is 0 Å². The summed E-state index contributed by atoms with van der Waals surface area (Å²) in [5.74, 6) is -1.02. The molecule has 212 valence electrons. The number of sulfonamides is 1. The van der Waals surface area contributed by atoms with Gasteiger partial charge in [-0.15, -0.1) is 0 Å². The van der Waals surface area contributed by atoms with Gasteiger partial charge in [0.05, 0.1) is 4.90 Å². The quantitative estimate of drug-likeness (QED) is 0.108. The molecule has 0 bridgehead atoms. The predicted octanol–water partition coefficient (Wildman–Crippen LogP) is 0.730. The molecule has 1 heterocycles. The molecule has 0 aliphatic carbocycles. The van der Waals surface area contributed by atoms with Crippen molar-refractivity contribution in [3.8, 4) is 0 Å². The van der Waals surface area contributed by atoms with Gasteiger partial charge in [0.2, 0.25) is 10.0 Å². The summed E-state index contributed by atoms with van der Waals surface area (Å²) in [7, 11) is -2.73. The van der Waals surface area contributed by atoms with Crippen LogP contribution in [0.2, 0.25) is 0 Å². The summed E-state index contributed by atoms with van der Waals surface area (Å²) in [6, 6.07) is 9.53. The number of thiophene rings is 1. The van der Waals surface area contributed by atoms with Crippen LogP contribution in [0, 0.1) is 0 Å². The van der Waals surface area contributed by atoms with Crippen LogP contribution in [0.15, 0.2) is 58.4 Å². The fraction of sp³-hybridized carbons (Fsp3) is 0.375. The van der Waals surface area contributed by atoms with E-state index in [-0.39, 0.29) is 30.9 Å². The van der Waals surface area contributed by atoms with E-state index in [0.717, 1.165) is 4.88 Å². The zero-order valence-electron chi connectivity index (χ0n) is 22.4. The molecule has 2 rings (SSSR count). The van der Waals surface area contributed by atoms with Gasteiger partial charge in [-0.25, -0.2) is 8.42 Å². The van der Waals surface area contributed by atoms with Gasteiger partial charge in [-0.1, -0.05) is 18.2 Å². The molecule has 0 aliphatic heterocycles. The minimum Gasteiger partial charge on any atom is -0.207 e. The molecule has 2 aromatic rings. The Kier molecular flexibility index (Phi) is 13.0. The molecule has 12 nitrogen and oxygen atoms in total. The van der Waals surface area contributed by atoms with Crippen molar-refractivity contribution in [1.29, 1.82) is 0 Å². The summed E-state index contributed by atoms with van der Waals surface area (Å²) >= 11 is 1.18. The van der Waals surface area contributed by atoms with Crippen LogP contribution in [-0.2, 0) is 29.0 Å². The number of nitrogens with zero attached hydrogens (tertiary/aromatic N) is 1. The first kappa shape index (κ1) is 32.7. The van der Waals surface area contributed by atoms with E-state index in [1.807, 2.05) is 0 Å². The second-order valence-corrected chi connectivity index (χ2v) is 11.9. The standard InChI is InChI=1S/C24H31B2N5O7S2/c1-24(2,3)38-22(33)19(31-40(36,37)18-9-5-4-6-10-18)14-28-21(32)20-12-11-17(39-20)8-7-13-27-23(29-15-25-34)30-16-26-35/h4-12,19,31H,13-16H2,1-3H3,(H,28,32)(H2,27,29,30)/b8-7+. The average molecular weight is 587 g/mol. The van der Waals surface area contributed by atoms with Crippen molar-refractivity contribution in [3.63, 3.8) is 0 Å². The number of guanidine groups is 1. The van der Waals surface area contributed by atoms with E-state index < -0.39 is 33.5 Å². The number of hydrogen-bond acceptors (Lipinski definition) is 9. The zero-order valence-corrected chi connectivity index (χ0v) is 24.0. The van der Waals surface area contributed by atoms with Crippen LogP contribution >= 0.6 is 11.3 Å². The number of rotatable bonds is 14. The van der Waals surface area contributed by atoms with Gasteiger partial charge in [0.1, 0.15) is 11.6 Å². The summed E-state index contributed by atoms with van der Waals surface area (Å²) < 4.78 is 54.4. The number of ether oxygens (including phenoxy) is 1. The molecule has 0 radical (unpaired) electrons. The molecular formula is C24H31B2N5O7S2. The molecule has 0 saturated carbocycles. The SMILES string of the molecule is CC(C)(C)OC(=O)C(CNC(=O)c1ccc(/C=C/CN=C(NCB=O)NCB=O)s1)NS(=O)(=O)c1ccccc1. The van der Waals surface area contributed by atoms with E-state index in [1.165, 1.54) is 23.5 Å². The van der Waals surface area contributed by atoms with Gasteiger partial charge in [0.15, 0.2) is 0 Å². The molecular weight excluding hydrogens is 556 g/mol. The van der Waals surface area contributed by atoms with Crippen LogP contribution in [0.3, 0.4) is 0 Å². The monoisotopic (exact) mass is 587 g/mol. The number of amides is 1. The van der Waals surface area contributed by atoms with Gasteiger partial charge in [-0.3, -0.25) is 4.79 Å². The van der Waals surface area contributed by atoms with Crippen molar-refractivity contribution in [2.75, 3.05) is 26.0 Å². The van der Waals surface area contributed by atoms with Crippen molar-refractivity contribution < 1.29 is 32.2 Å². The summed E-state index contributed by atoms with van der Waals surface area (Å²) in [5.41, 5.74) is -0.869. The van der Waals surface area contributed by atoms with Crippen LogP contribution in [0.5, 0.6) is 0 Å². The zero-order chi connectivity index (χ0) is 29.6. The van der Waals surface area contributed by atoms with Gasteiger partial charge in [-0.05, 0) is 32.9 Å². The number of nitrogens with one attached hydrogen (secondary N) is 4. The number of hydrogen-bond donors (Lipinski definition) is 4. The Morgan fingerprint density at radius 3 is 2.27 bits per heavy atom. The van der Waals surface area contributed by atoms with Gasteiger partial charge >= 0.3 is 132 Å². The number of esters is 1. The van der Waals surface area contributed by atoms with Gasteiger partial charge < -0.3 is 4.74 Å². The van der Waals surface area contributed by atoms with Crippen LogP contribution in [0.1, 0.15) is 35.3 Å². The van der Waals surface area contributed by atoms with Crippen molar-refractivity contribution >= 4 is 59.6 Å². The second kappa shape index (κ2) is 15.9. The van der Waals surface area contributed by atoms with E-state index in [4.69, 9.17) is 4.74 Å². The molecule has 1 amide bonds. The Bertz CT molecular complexity index is 1310. The maximum atomic E-state index is 12.8. The number of carbonyl (C=O) groups excluding carboxylic acids is 2. The number of aliphatic imine (C=N–C) groups is 1. The van der Waals surface area contributed by atoms with Gasteiger partial charge in [-0.2, -0.15) is 4.72 Å². The molecule has 0 aliphatic rings. The van der Waals surface area contributed by atoms with E-state index in [9.17, 15) is 27.4 Å². The van der Waals surface area contributed by atoms with Crippen LogP contribution < -0.4 is 20.7 Å². The smallest absolute Gasteiger partial charge is 0.207 e. The fourth-order valence-electron chi connectivity index (χ4n) is 3.01. The third kappa shape index (κ3) is 11.7. The van der Waals surface area contributed by atoms with Gasteiger partial charge in [0, 0.05) is 6.54 Å². The Morgan fingerprint density at radius 1 is 1.02 bits per heavy atom. The van der Waals surface area contributed by atoms with Crippen LogP contribution in [0.4, 0.5) is 0 Å². The minimum atomic E-state index is -4.06. The third-order valence-electron chi connectivity index (χ3n) is 4.70. The van der Waals surface area contributed by atoms with Crippen molar-refractivity contribution in [1.82, 2.24) is 20.7 Å². The van der Waals surface area contributed by atoms with E-state index in [2.05, 4.69) is 25.7 Å². The first-order chi connectivity index (χ1) is 18.9. The summed E-state index contributed by atoms with van der Waals surface area (Å²) in [5, 5.41) is 8.08. The molecule has 1 aromatic heterocycles. The first-order valence-corrected chi connectivity index (χ1v) is 14.5. The van der Waals surface area contributed by atoms with Crippen molar-refractivity contribution in [3.05, 3.63) is 58.3 Å². The molecule has 1 aromatic carbocycles. The Hall–Kier alpha value is -3.49. The van der Waals surface area contributed by atoms with Gasteiger partial charge in [0.25, 0.3) is 0 Å². The summed E-state index contributed by atoms with van der Waals surface area (Å²) in [6.45, 7) is 4.88. The molecule has 4 N–H and O–H groups in total. The molecule has 16 heteroatoms. The van der Waals surface area contributed by atoms with Crippen molar-refractivity contribution in [2.24, 2.45) is 4.99 Å². The van der Waals surface area contributed by atoms with Crippen molar-refractivity contribution in [2.45, 2.75) is 37.3 Å². The summed E-state index contributed by atoms with van der Waals surface area (Å²) in [4.78, 5) is 30.8. The molecule has 1 atom stereocenters. The Balaban J connectivity index is 2.05. The number of carbonyl (C=O) groups is 2. The van der Waals surface area contributed by atoms with Crippen LogP contribution in [0.25, 0.3) is 6.08 Å². The average Bonchev–Trinajstić information content (AvgIpc) is 3.38. The maximum Gasteiger partial charge on any atom is 0.241 e.